The van der Waals surface area contributed by atoms with Gasteiger partial charge in [-0.3, -0.25) is 4.21 Å². The van der Waals surface area contributed by atoms with Crippen molar-refractivity contribution in [3.63, 3.8) is 0 Å². The second-order valence-electron chi connectivity index (χ2n) is 7.31. The predicted octanol–water partition coefficient (Wildman–Crippen LogP) is 1.41. The molecule has 0 aliphatic carbocycles. The molecule has 3 aromatic rings. The van der Waals surface area contributed by atoms with E-state index < -0.39 is 21.2 Å². The van der Waals surface area contributed by atoms with Crippen molar-refractivity contribution < 1.29 is 50.9 Å². The first kappa shape index (κ1) is 25.8. The van der Waals surface area contributed by atoms with E-state index in [0.29, 0.717) is 24.0 Å². The van der Waals surface area contributed by atoms with Crippen molar-refractivity contribution in [3.8, 4) is 5.75 Å². The molecule has 1 atom stereocenters. The predicted molar refractivity (Wildman–Crippen MR) is 116 cm³/mol. The maximum absolute atomic E-state index is 12.9. The Hall–Kier alpha value is -1.48. The standard InChI is InChI=1S/C23H24O5S2.Na/c1-16-4-10-21(11-5-16)28-30(26,27)23-13-7-18(3)15-20(23)9-8-19-14-17(2)6-12-22(19)29(24)25;/h4-7,10-15H,8-9H2,1-3H3,(H,24,25);/q;+1/p-1. The van der Waals surface area contributed by atoms with E-state index in [1.807, 2.05) is 26.8 Å². The number of rotatable bonds is 7. The van der Waals surface area contributed by atoms with Gasteiger partial charge in [0.05, 0.1) is 0 Å². The van der Waals surface area contributed by atoms with Crippen LogP contribution in [0, 0.1) is 20.8 Å². The second-order valence-corrected chi connectivity index (χ2v) is 9.73. The minimum atomic E-state index is -4.03. The third-order valence-electron chi connectivity index (χ3n) is 4.77. The van der Waals surface area contributed by atoms with Crippen molar-refractivity contribution in [1.29, 1.82) is 0 Å². The summed E-state index contributed by atoms with van der Waals surface area (Å²) >= 11 is -2.35. The first-order valence-electron chi connectivity index (χ1n) is 9.45. The van der Waals surface area contributed by atoms with Crippen LogP contribution in [0.1, 0.15) is 27.8 Å². The minimum absolute atomic E-state index is 0. The van der Waals surface area contributed by atoms with Crippen LogP contribution in [0.5, 0.6) is 5.75 Å². The van der Waals surface area contributed by atoms with Gasteiger partial charge in [0.2, 0.25) is 0 Å². The molecule has 0 radical (unpaired) electrons. The molecule has 0 bridgehead atoms. The Labute approximate surface area is 208 Å². The van der Waals surface area contributed by atoms with Crippen molar-refractivity contribution in [2.24, 2.45) is 0 Å². The zero-order chi connectivity index (χ0) is 21.9. The van der Waals surface area contributed by atoms with Crippen LogP contribution >= 0.6 is 0 Å². The first-order valence-corrected chi connectivity index (χ1v) is 11.9. The molecule has 158 valence electrons. The molecule has 0 fully saturated rings. The maximum Gasteiger partial charge on any atom is 1.00 e. The molecular formula is C23H23NaO5S2. The van der Waals surface area contributed by atoms with Crippen LogP contribution < -0.4 is 33.7 Å². The maximum atomic E-state index is 12.9. The van der Waals surface area contributed by atoms with Gasteiger partial charge in [-0.05, 0) is 80.1 Å². The molecule has 3 rings (SSSR count). The molecule has 5 nitrogen and oxygen atoms in total. The van der Waals surface area contributed by atoms with Crippen molar-refractivity contribution in [1.82, 2.24) is 0 Å². The van der Waals surface area contributed by atoms with Gasteiger partial charge in [0.25, 0.3) is 0 Å². The normalized spacial score (nSPS) is 12.1. The summed E-state index contributed by atoms with van der Waals surface area (Å²) in [5, 5.41) is 0. The van der Waals surface area contributed by atoms with Gasteiger partial charge < -0.3 is 8.74 Å². The fourth-order valence-electron chi connectivity index (χ4n) is 3.25. The number of benzene rings is 3. The van der Waals surface area contributed by atoms with Crippen molar-refractivity contribution in [3.05, 3.63) is 88.5 Å². The van der Waals surface area contributed by atoms with Gasteiger partial charge >= 0.3 is 39.7 Å². The summed E-state index contributed by atoms with van der Waals surface area (Å²) in [4.78, 5) is 0.319. The summed E-state index contributed by atoms with van der Waals surface area (Å²) in [6, 6.07) is 17.0. The monoisotopic (exact) mass is 466 g/mol. The molecule has 0 amide bonds. The molecule has 0 saturated heterocycles. The molecule has 0 aliphatic heterocycles. The van der Waals surface area contributed by atoms with Crippen LogP contribution in [0.15, 0.2) is 70.5 Å². The number of aryl methyl sites for hydroxylation is 5. The van der Waals surface area contributed by atoms with Gasteiger partial charge in [-0.2, -0.15) is 8.42 Å². The van der Waals surface area contributed by atoms with E-state index in [2.05, 4.69) is 0 Å². The molecule has 1 unspecified atom stereocenters. The Morgan fingerprint density at radius 1 is 0.806 bits per heavy atom. The molecule has 3 aromatic carbocycles. The topological polar surface area (TPSA) is 83.5 Å². The third kappa shape index (κ3) is 6.75. The van der Waals surface area contributed by atoms with Crippen LogP contribution in [0.4, 0.5) is 0 Å². The molecule has 31 heavy (non-hydrogen) atoms. The summed E-state index contributed by atoms with van der Waals surface area (Å²) in [6.07, 6.45) is 0.753. The summed E-state index contributed by atoms with van der Waals surface area (Å²) in [7, 11) is -4.03. The van der Waals surface area contributed by atoms with Crippen LogP contribution in [0.25, 0.3) is 0 Å². The summed E-state index contributed by atoms with van der Waals surface area (Å²) in [5.41, 5.74) is 4.11. The van der Waals surface area contributed by atoms with Gasteiger partial charge in [0.1, 0.15) is 10.6 Å². The Morgan fingerprint density at radius 3 is 1.94 bits per heavy atom. The molecule has 0 saturated carbocycles. The summed E-state index contributed by atoms with van der Waals surface area (Å²) < 4.78 is 54.3. The van der Waals surface area contributed by atoms with Gasteiger partial charge in [0.15, 0.2) is 0 Å². The van der Waals surface area contributed by atoms with Gasteiger partial charge in [0, 0.05) is 4.90 Å². The SMILES string of the molecule is Cc1ccc(OS(=O)(=O)c2ccc(C)cc2CCc2cc(C)ccc2S(=O)[O-])cc1.[Na+]. The Balaban J connectivity index is 0.00000341. The third-order valence-corrected chi connectivity index (χ3v) is 6.88. The van der Waals surface area contributed by atoms with E-state index in [4.69, 9.17) is 4.18 Å². The number of hydrogen-bond donors (Lipinski definition) is 0. The second kappa shape index (κ2) is 10.9. The summed E-state index contributed by atoms with van der Waals surface area (Å²) in [5.74, 6) is 0.245. The van der Waals surface area contributed by atoms with Gasteiger partial charge in [-0.15, -0.1) is 0 Å². The van der Waals surface area contributed by atoms with Crippen LogP contribution in [-0.4, -0.2) is 17.2 Å². The van der Waals surface area contributed by atoms with E-state index >= 15 is 0 Å². The smallest absolute Gasteiger partial charge is 0.768 e. The first-order chi connectivity index (χ1) is 14.2. The minimum Gasteiger partial charge on any atom is -0.768 e. The quantitative estimate of drug-likeness (QED) is 0.299. The number of hydrogen-bond acceptors (Lipinski definition) is 5. The molecule has 0 N–H and O–H groups in total. The van der Waals surface area contributed by atoms with E-state index in [1.165, 1.54) is 6.07 Å². The van der Waals surface area contributed by atoms with E-state index in [-0.39, 0.29) is 45.1 Å². The average Bonchev–Trinajstić information content (AvgIpc) is 2.67. The van der Waals surface area contributed by atoms with Crippen LogP contribution in [0.3, 0.4) is 0 Å². The largest absolute Gasteiger partial charge is 1.00 e. The van der Waals surface area contributed by atoms with Gasteiger partial charge in [-0.25, -0.2) is 0 Å². The fourth-order valence-corrected chi connectivity index (χ4v) is 4.97. The van der Waals surface area contributed by atoms with Crippen molar-refractivity contribution in [2.75, 3.05) is 0 Å². The van der Waals surface area contributed by atoms with E-state index in [1.54, 1.807) is 48.5 Å². The van der Waals surface area contributed by atoms with Crippen molar-refractivity contribution >= 4 is 21.2 Å². The van der Waals surface area contributed by atoms with Crippen LogP contribution in [-0.2, 0) is 34.0 Å². The van der Waals surface area contributed by atoms with E-state index in [0.717, 1.165) is 16.7 Å². The molecule has 0 aliphatic rings. The molecule has 0 aromatic heterocycles. The molecule has 8 heteroatoms. The Bertz CT molecular complexity index is 1190. The molecule has 0 spiro atoms. The molecule has 0 heterocycles. The van der Waals surface area contributed by atoms with E-state index in [9.17, 15) is 17.2 Å². The zero-order valence-corrected chi connectivity index (χ0v) is 21.7. The Kier molecular flexibility index (Phi) is 9.06. The average molecular weight is 467 g/mol. The molecular weight excluding hydrogens is 443 g/mol. The summed E-state index contributed by atoms with van der Waals surface area (Å²) in [6.45, 7) is 5.68. The zero-order valence-electron chi connectivity index (χ0n) is 18.0. The Morgan fingerprint density at radius 2 is 1.32 bits per heavy atom. The van der Waals surface area contributed by atoms with Crippen LogP contribution in [0.2, 0.25) is 0 Å². The van der Waals surface area contributed by atoms with Crippen molar-refractivity contribution in [2.45, 2.75) is 43.4 Å². The van der Waals surface area contributed by atoms with Gasteiger partial charge in [-0.1, -0.05) is 53.1 Å². The fraction of sp³-hybridized carbons (Fsp3) is 0.217.